The topological polar surface area (TPSA) is 52.7 Å². The molecule has 2 amide bonds. The Bertz CT molecular complexity index is 694. The Morgan fingerprint density at radius 2 is 2.00 bits per heavy atom. The number of nitrogens with zero attached hydrogens (tertiary/aromatic N) is 2. The minimum absolute atomic E-state index is 0.148. The zero-order valence-electron chi connectivity index (χ0n) is 15.7. The first-order valence-corrected chi connectivity index (χ1v) is 9.95. The SMILES string of the molecule is CN1CCCNC(=O)C12CCN(C(=O)CC1CCc3ccccc31)CC2. The van der Waals surface area contributed by atoms with Crippen LogP contribution in [-0.2, 0) is 16.0 Å². The minimum atomic E-state index is -0.423. The van der Waals surface area contributed by atoms with Gasteiger partial charge in [0, 0.05) is 32.6 Å². The number of nitrogens with one attached hydrogen (secondary N) is 1. The van der Waals surface area contributed by atoms with E-state index in [2.05, 4.69) is 41.5 Å². The summed E-state index contributed by atoms with van der Waals surface area (Å²) in [5.74, 6) is 0.756. The molecule has 3 aliphatic rings. The third-order valence-electron chi connectivity index (χ3n) is 6.73. The molecule has 1 spiro atoms. The molecule has 1 aliphatic carbocycles. The molecule has 5 nitrogen and oxygen atoms in total. The van der Waals surface area contributed by atoms with Crippen molar-refractivity contribution in [2.45, 2.75) is 50.0 Å². The molecule has 2 aliphatic heterocycles. The third-order valence-corrected chi connectivity index (χ3v) is 6.73. The summed E-state index contributed by atoms with van der Waals surface area (Å²) in [5.41, 5.74) is 2.34. The van der Waals surface area contributed by atoms with Crippen molar-refractivity contribution in [3.63, 3.8) is 0 Å². The highest BCUT2D eigenvalue weighted by Gasteiger charge is 2.46. The summed E-state index contributed by atoms with van der Waals surface area (Å²) in [4.78, 5) is 29.7. The largest absolute Gasteiger partial charge is 0.354 e. The van der Waals surface area contributed by atoms with Gasteiger partial charge in [-0.2, -0.15) is 0 Å². The maximum atomic E-state index is 12.9. The first-order valence-electron chi connectivity index (χ1n) is 9.95. The van der Waals surface area contributed by atoms with Gasteiger partial charge in [0.1, 0.15) is 5.54 Å². The Morgan fingerprint density at radius 1 is 1.23 bits per heavy atom. The van der Waals surface area contributed by atoms with E-state index in [9.17, 15) is 9.59 Å². The van der Waals surface area contributed by atoms with Crippen molar-refractivity contribution in [2.75, 3.05) is 33.2 Å². The number of carbonyl (C=O) groups is 2. The molecule has 2 heterocycles. The average molecular weight is 355 g/mol. The van der Waals surface area contributed by atoms with Crippen molar-refractivity contribution in [1.82, 2.24) is 15.1 Å². The highest BCUT2D eigenvalue weighted by molar-refractivity contribution is 5.87. The second-order valence-corrected chi connectivity index (χ2v) is 8.08. The summed E-state index contributed by atoms with van der Waals surface area (Å²) in [5, 5.41) is 3.07. The molecule has 2 fully saturated rings. The molecule has 0 saturated carbocycles. The van der Waals surface area contributed by atoms with Crippen LogP contribution in [0.1, 0.15) is 49.1 Å². The lowest BCUT2D eigenvalue weighted by Crippen LogP contribution is -2.61. The van der Waals surface area contributed by atoms with Gasteiger partial charge in [0.05, 0.1) is 0 Å². The Hall–Kier alpha value is -1.88. The highest BCUT2D eigenvalue weighted by atomic mass is 16.2. The van der Waals surface area contributed by atoms with Gasteiger partial charge in [0.15, 0.2) is 0 Å². The first-order chi connectivity index (χ1) is 12.6. The predicted molar refractivity (Wildman–Crippen MR) is 101 cm³/mol. The molecule has 1 unspecified atom stereocenters. The van der Waals surface area contributed by atoms with Crippen LogP contribution in [0.5, 0.6) is 0 Å². The molecular formula is C21H29N3O2. The second kappa shape index (κ2) is 7.03. The molecule has 2 saturated heterocycles. The summed E-state index contributed by atoms with van der Waals surface area (Å²) in [6.07, 6.45) is 5.24. The number of benzene rings is 1. The number of piperidine rings is 1. The normalized spacial score (nSPS) is 25.7. The van der Waals surface area contributed by atoms with Crippen LogP contribution in [0.15, 0.2) is 24.3 Å². The van der Waals surface area contributed by atoms with Crippen LogP contribution in [0, 0.1) is 0 Å². The van der Waals surface area contributed by atoms with Crippen molar-refractivity contribution in [3.8, 4) is 0 Å². The molecule has 0 aromatic heterocycles. The fraction of sp³-hybridized carbons (Fsp3) is 0.619. The van der Waals surface area contributed by atoms with Gasteiger partial charge in [-0.05, 0) is 56.2 Å². The number of fused-ring (bicyclic) bond motifs is 1. The van der Waals surface area contributed by atoms with Crippen LogP contribution < -0.4 is 5.32 Å². The lowest BCUT2D eigenvalue weighted by molar-refractivity contribution is -0.141. The number of likely N-dealkylation sites (tertiary alicyclic amines) is 1. The standard InChI is InChI=1S/C21H29N3O2/c1-23-12-4-11-22-20(26)21(23)9-13-24(14-10-21)19(25)15-17-8-7-16-5-2-3-6-18(16)17/h2-3,5-6,17H,4,7-15H2,1H3,(H,22,26). The maximum Gasteiger partial charge on any atom is 0.240 e. The molecule has 1 N–H and O–H groups in total. The number of hydrogen-bond acceptors (Lipinski definition) is 3. The molecular weight excluding hydrogens is 326 g/mol. The summed E-state index contributed by atoms with van der Waals surface area (Å²) in [6.45, 7) is 3.07. The monoisotopic (exact) mass is 355 g/mol. The zero-order valence-corrected chi connectivity index (χ0v) is 15.7. The molecule has 1 aromatic rings. The van der Waals surface area contributed by atoms with Crippen LogP contribution in [0.25, 0.3) is 0 Å². The van der Waals surface area contributed by atoms with Gasteiger partial charge < -0.3 is 10.2 Å². The molecule has 4 rings (SSSR count). The predicted octanol–water partition coefficient (Wildman–Crippen LogP) is 1.92. The minimum Gasteiger partial charge on any atom is -0.354 e. The third kappa shape index (κ3) is 3.02. The van der Waals surface area contributed by atoms with Crippen molar-refractivity contribution in [3.05, 3.63) is 35.4 Å². The van der Waals surface area contributed by atoms with Crippen LogP contribution in [0.4, 0.5) is 0 Å². The average Bonchev–Trinajstić information content (AvgIpc) is 3.02. The van der Waals surface area contributed by atoms with E-state index in [0.29, 0.717) is 25.4 Å². The molecule has 5 heteroatoms. The van der Waals surface area contributed by atoms with Gasteiger partial charge in [-0.15, -0.1) is 0 Å². The van der Waals surface area contributed by atoms with Crippen LogP contribution >= 0.6 is 0 Å². The fourth-order valence-electron chi connectivity index (χ4n) is 5.00. The quantitative estimate of drug-likeness (QED) is 0.882. The summed E-state index contributed by atoms with van der Waals surface area (Å²) in [7, 11) is 2.05. The van der Waals surface area contributed by atoms with Gasteiger partial charge in [-0.25, -0.2) is 0 Å². The van der Waals surface area contributed by atoms with E-state index in [1.807, 2.05) is 4.90 Å². The van der Waals surface area contributed by atoms with Crippen molar-refractivity contribution in [1.29, 1.82) is 0 Å². The Balaban J connectivity index is 1.39. The van der Waals surface area contributed by atoms with Crippen molar-refractivity contribution in [2.24, 2.45) is 0 Å². The molecule has 1 atom stereocenters. The fourth-order valence-corrected chi connectivity index (χ4v) is 5.00. The van der Waals surface area contributed by atoms with E-state index >= 15 is 0 Å². The second-order valence-electron chi connectivity index (χ2n) is 8.08. The number of likely N-dealkylation sites (N-methyl/N-ethyl adjacent to an activating group) is 1. The molecule has 0 radical (unpaired) electrons. The van der Waals surface area contributed by atoms with E-state index in [0.717, 1.165) is 45.2 Å². The van der Waals surface area contributed by atoms with Gasteiger partial charge in [-0.1, -0.05) is 24.3 Å². The van der Waals surface area contributed by atoms with Gasteiger partial charge in [0.25, 0.3) is 0 Å². The smallest absolute Gasteiger partial charge is 0.240 e. The first kappa shape index (κ1) is 17.5. The van der Waals surface area contributed by atoms with Crippen molar-refractivity contribution < 1.29 is 9.59 Å². The number of amides is 2. The van der Waals surface area contributed by atoms with Crippen LogP contribution in [0.3, 0.4) is 0 Å². The lowest BCUT2D eigenvalue weighted by Gasteiger charge is -2.45. The van der Waals surface area contributed by atoms with E-state index in [-0.39, 0.29) is 11.8 Å². The number of aryl methyl sites for hydroxylation is 1. The number of hydrogen-bond donors (Lipinski definition) is 1. The number of rotatable bonds is 2. The molecule has 1 aromatic carbocycles. The van der Waals surface area contributed by atoms with Gasteiger partial charge in [0.2, 0.25) is 11.8 Å². The Morgan fingerprint density at radius 3 is 2.81 bits per heavy atom. The van der Waals surface area contributed by atoms with E-state index < -0.39 is 5.54 Å². The summed E-state index contributed by atoms with van der Waals surface area (Å²) < 4.78 is 0. The summed E-state index contributed by atoms with van der Waals surface area (Å²) >= 11 is 0. The van der Waals surface area contributed by atoms with Gasteiger partial charge in [-0.3, -0.25) is 14.5 Å². The van der Waals surface area contributed by atoms with E-state index in [1.54, 1.807) is 0 Å². The lowest BCUT2D eigenvalue weighted by atomic mass is 9.84. The van der Waals surface area contributed by atoms with E-state index in [4.69, 9.17) is 0 Å². The molecule has 26 heavy (non-hydrogen) atoms. The number of carbonyl (C=O) groups excluding carboxylic acids is 2. The van der Waals surface area contributed by atoms with Crippen molar-refractivity contribution >= 4 is 11.8 Å². The summed E-state index contributed by atoms with van der Waals surface area (Å²) in [6, 6.07) is 8.52. The Labute approximate surface area is 155 Å². The zero-order chi connectivity index (χ0) is 18.1. The van der Waals surface area contributed by atoms with Gasteiger partial charge >= 0.3 is 0 Å². The molecule has 140 valence electrons. The van der Waals surface area contributed by atoms with Crippen LogP contribution in [0.2, 0.25) is 0 Å². The molecule has 0 bridgehead atoms. The maximum absolute atomic E-state index is 12.9. The van der Waals surface area contributed by atoms with Crippen LogP contribution in [-0.4, -0.2) is 60.4 Å². The highest BCUT2D eigenvalue weighted by Crippen LogP contribution is 2.36. The van der Waals surface area contributed by atoms with E-state index in [1.165, 1.54) is 11.1 Å². The Kier molecular flexibility index (Phi) is 4.74.